The van der Waals surface area contributed by atoms with Crippen molar-refractivity contribution >= 4 is 45.0 Å². The molecule has 1 amide bonds. The Morgan fingerprint density at radius 2 is 1.92 bits per heavy atom. The van der Waals surface area contributed by atoms with E-state index in [4.69, 9.17) is 4.74 Å². The molecule has 0 atom stereocenters. The van der Waals surface area contributed by atoms with Crippen molar-refractivity contribution in [3.05, 3.63) is 52.8 Å². The van der Waals surface area contributed by atoms with Crippen LogP contribution in [0.25, 0.3) is 0 Å². The molecule has 0 aliphatic carbocycles. The third-order valence-corrected chi connectivity index (χ3v) is 5.50. The van der Waals surface area contributed by atoms with Crippen molar-refractivity contribution in [1.29, 1.82) is 0 Å². The molecule has 2 aromatic carbocycles. The molecular weight excluding hydrogens is 419 g/mol. The van der Waals surface area contributed by atoms with Crippen LogP contribution in [0.3, 0.4) is 0 Å². The predicted molar refractivity (Wildman–Crippen MR) is 108 cm³/mol. The minimum Gasteiger partial charge on any atom is -0.378 e. The van der Waals surface area contributed by atoms with Crippen molar-refractivity contribution in [3.8, 4) is 0 Å². The molecule has 2 aromatic rings. The summed E-state index contributed by atoms with van der Waals surface area (Å²) in [7, 11) is 0. The first-order chi connectivity index (χ1) is 12.6. The third kappa shape index (κ3) is 5.46. The van der Waals surface area contributed by atoms with Crippen LogP contribution in [-0.2, 0) is 9.53 Å². The normalized spacial score (nSPS) is 14.3. The number of anilines is 2. The van der Waals surface area contributed by atoms with Gasteiger partial charge in [-0.05, 0) is 42.5 Å². The molecular formula is C19H20BrFN2O2S. The Bertz CT molecular complexity index is 752. The minimum atomic E-state index is -0.252. The van der Waals surface area contributed by atoms with Crippen LogP contribution in [-0.4, -0.2) is 38.0 Å². The van der Waals surface area contributed by atoms with Crippen LogP contribution in [0.15, 0.2) is 51.8 Å². The zero-order chi connectivity index (χ0) is 18.4. The Kier molecular flexibility index (Phi) is 6.93. The van der Waals surface area contributed by atoms with Gasteiger partial charge in [0.2, 0.25) is 5.91 Å². The van der Waals surface area contributed by atoms with Crippen molar-refractivity contribution in [2.75, 3.05) is 42.3 Å². The molecule has 4 nitrogen and oxygen atoms in total. The monoisotopic (exact) mass is 438 g/mol. The molecule has 1 N–H and O–H groups in total. The van der Waals surface area contributed by atoms with Gasteiger partial charge in [0.05, 0.1) is 24.6 Å². The molecule has 1 aliphatic heterocycles. The van der Waals surface area contributed by atoms with E-state index in [9.17, 15) is 9.18 Å². The van der Waals surface area contributed by atoms with Gasteiger partial charge in [-0.1, -0.05) is 15.9 Å². The van der Waals surface area contributed by atoms with Crippen LogP contribution in [0.4, 0.5) is 15.8 Å². The molecule has 0 saturated carbocycles. The molecule has 0 spiro atoms. The number of hydrogen-bond donors (Lipinski definition) is 1. The fourth-order valence-corrected chi connectivity index (χ4v) is 3.91. The van der Waals surface area contributed by atoms with Crippen molar-refractivity contribution in [3.63, 3.8) is 0 Å². The molecule has 3 rings (SSSR count). The lowest BCUT2D eigenvalue weighted by Crippen LogP contribution is -2.36. The molecule has 26 heavy (non-hydrogen) atoms. The summed E-state index contributed by atoms with van der Waals surface area (Å²) in [5, 5.41) is 3.02. The van der Waals surface area contributed by atoms with Gasteiger partial charge >= 0.3 is 0 Å². The number of carbonyl (C=O) groups is 1. The van der Waals surface area contributed by atoms with E-state index >= 15 is 0 Å². The lowest BCUT2D eigenvalue weighted by molar-refractivity contribution is -0.115. The van der Waals surface area contributed by atoms with Gasteiger partial charge in [-0.25, -0.2) is 4.39 Å². The second-order valence-electron chi connectivity index (χ2n) is 5.86. The molecule has 0 unspecified atom stereocenters. The molecule has 1 aliphatic rings. The predicted octanol–water partition coefficient (Wildman–Crippen LogP) is 4.55. The molecule has 1 fully saturated rings. The summed E-state index contributed by atoms with van der Waals surface area (Å²) < 4.78 is 19.2. The number of hydrogen-bond acceptors (Lipinski definition) is 4. The van der Waals surface area contributed by atoms with Crippen molar-refractivity contribution in [2.45, 2.75) is 11.3 Å². The van der Waals surface area contributed by atoms with E-state index < -0.39 is 0 Å². The highest BCUT2D eigenvalue weighted by Crippen LogP contribution is 2.30. The van der Waals surface area contributed by atoms with Crippen LogP contribution in [0.2, 0.25) is 0 Å². The first kappa shape index (κ1) is 19.2. The largest absolute Gasteiger partial charge is 0.378 e. The van der Waals surface area contributed by atoms with E-state index in [2.05, 4.69) is 26.1 Å². The number of thioether (sulfide) groups is 1. The minimum absolute atomic E-state index is 0.0350. The summed E-state index contributed by atoms with van der Waals surface area (Å²) in [5.74, 6) is 0.350. The zero-order valence-electron chi connectivity index (χ0n) is 14.2. The third-order valence-electron chi connectivity index (χ3n) is 4.00. The molecule has 0 bridgehead atoms. The first-order valence-electron chi connectivity index (χ1n) is 8.42. The van der Waals surface area contributed by atoms with Crippen LogP contribution >= 0.6 is 27.7 Å². The summed E-state index contributed by atoms with van der Waals surface area (Å²) in [6.07, 6.45) is 0.386. The van der Waals surface area contributed by atoms with E-state index in [-0.39, 0.29) is 11.7 Å². The van der Waals surface area contributed by atoms with Crippen LogP contribution in [0.5, 0.6) is 0 Å². The van der Waals surface area contributed by atoms with Crippen molar-refractivity contribution in [2.24, 2.45) is 0 Å². The first-order valence-corrected chi connectivity index (χ1v) is 10.2. The molecule has 0 radical (unpaired) electrons. The van der Waals surface area contributed by atoms with E-state index in [0.717, 1.165) is 33.8 Å². The smallest absolute Gasteiger partial charge is 0.225 e. The second kappa shape index (κ2) is 9.39. The van der Waals surface area contributed by atoms with Gasteiger partial charge in [0, 0.05) is 34.6 Å². The molecule has 138 valence electrons. The number of halogens is 2. The number of ether oxygens (including phenoxy) is 1. The second-order valence-corrected chi connectivity index (χ2v) is 7.95. The fraction of sp³-hybridized carbons (Fsp3) is 0.316. The van der Waals surface area contributed by atoms with E-state index in [1.807, 2.05) is 18.2 Å². The maximum absolute atomic E-state index is 12.9. The number of rotatable bonds is 6. The summed E-state index contributed by atoms with van der Waals surface area (Å²) in [6, 6.07) is 12.2. The van der Waals surface area contributed by atoms with Crippen LogP contribution in [0, 0.1) is 5.82 Å². The van der Waals surface area contributed by atoms with E-state index in [1.54, 1.807) is 12.1 Å². The number of nitrogens with zero attached hydrogens (tertiary/aromatic N) is 1. The van der Waals surface area contributed by atoms with Gasteiger partial charge in [-0.15, -0.1) is 11.8 Å². The number of carbonyl (C=O) groups excluding carboxylic acids is 1. The number of nitrogens with one attached hydrogen (secondary N) is 1. The van der Waals surface area contributed by atoms with Gasteiger partial charge < -0.3 is 15.0 Å². The Hall–Kier alpha value is -1.57. The Labute approximate surface area is 165 Å². The average molecular weight is 439 g/mol. The van der Waals surface area contributed by atoms with E-state index in [0.29, 0.717) is 25.4 Å². The molecule has 1 heterocycles. The highest BCUT2D eigenvalue weighted by atomic mass is 79.9. The summed E-state index contributed by atoms with van der Waals surface area (Å²) in [4.78, 5) is 15.5. The van der Waals surface area contributed by atoms with Crippen LogP contribution < -0.4 is 10.2 Å². The molecule has 7 heteroatoms. The van der Waals surface area contributed by atoms with Gasteiger partial charge in [-0.3, -0.25) is 4.79 Å². The van der Waals surface area contributed by atoms with Crippen molar-refractivity contribution < 1.29 is 13.9 Å². The SMILES string of the molecule is O=C(CCSc1ccc(F)cc1)Nc1cc(Br)ccc1N1CCOCC1. The Balaban J connectivity index is 1.57. The van der Waals surface area contributed by atoms with Gasteiger partial charge in [0.25, 0.3) is 0 Å². The van der Waals surface area contributed by atoms with Gasteiger partial charge in [-0.2, -0.15) is 0 Å². The lowest BCUT2D eigenvalue weighted by atomic mass is 10.2. The highest BCUT2D eigenvalue weighted by molar-refractivity contribution is 9.10. The quantitative estimate of drug-likeness (QED) is 0.671. The van der Waals surface area contributed by atoms with Gasteiger partial charge in [0.15, 0.2) is 0 Å². The summed E-state index contributed by atoms with van der Waals surface area (Å²) >= 11 is 5.01. The Morgan fingerprint density at radius 1 is 1.19 bits per heavy atom. The highest BCUT2D eigenvalue weighted by Gasteiger charge is 2.16. The summed E-state index contributed by atoms with van der Waals surface area (Å²) in [5.41, 5.74) is 1.81. The zero-order valence-corrected chi connectivity index (χ0v) is 16.6. The van der Waals surface area contributed by atoms with E-state index in [1.165, 1.54) is 23.9 Å². The maximum Gasteiger partial charge on any atom is 0.225 e. The lowest BCUT2D eigenvalue weighted by Gasteiger charge is -2.30. The topological polar surface area (TPSA) is 41.6 Å². The van der Waals surface area contributed by atoms with Gasteiger partial charge in [0.1, 0.15) is 5.82 Å². The number of amides is 1. The Morgan fingerprint density at radius 3 is 2.65 bits per heavy atom. The molecule has 0 aromatic heterocycles. The van der Waals surface area contributed by atoms with Crippen molar-refractivity contribution in [1.82, 2.24) is 0 Å². The average Bonchev–Trinajstić information content (AvgIpc) is 2.64. The fourth-order valence-electron chi connectivity index (χ4n) is 2.69. The summed E-state index contributed by atoms with van der Waals surface area (Å²) in [6.45, 7) is 3.01. The van der Waals surface area contributed by atoms with Crippen LogP contribution in [0.1, 0.15) is 6.42 Å². The molecule has 1 saturated heterocycles. The standard InChI is InChI=1S/C19H20BrFN2O2S/c20-14-1-6-18(23-8-10-25-11-9-23)17(13-14)22-19(24)7-12-26-16-4-2-15(21)3-5-16/h1-6,13H,7-12H2,(H,22,24). The maximum atomic E-state index is 12.9. The number of morpholine rings is 1. The number of benzene rings is 2.